The molecule has 1 unspecified atom stereocenters. The standard InChI is InChI=1S/C17H14N4O2/c1-21-14-7-6-12(8-13(14)9-18-21)10-2-4-11(5-3-10)15-16(22)20-17(23)19-15/h2-9,15H,1H3,(H2,19,20,22,23). The third-order valence-corrected chi connectivity index (χ3v) is 4.10. The van der Waals surface area contributed by atoms with Gasteiger partial charge in [0.05, 0.1) is 11.7 Å². The van der Waals surface area contributed by atoms with E-state index in [0.29, 0.717) is 0 Å². The highest BCUT2D eigenvalue weighted by Gasteiger charge is 2.30. The molecule has 1 atom stereocenters. The Morgan fingerprint density at radius 1 is 1.04 bits per heavy atom. The molecule has 0 spiro atoms. The summed E-state index contributed by atoms with van der Waals surface area (Å²) in [5, 5.41) is 10.2. The molecule has 3 aromatic rings. The van der Waals surface area contributed by atoms with Crippen LogP contribution in [0.5, 0.6) is 0 Å². The number of aryl methyl sites for hydroxylation is 1. The van der Waals surface area contributed by atoms with Crippen LogP contribution in [0.2, 0.25) is 0 Å². The largest absolute Gasteiger partial charge is 0.322 e. The van der Waals surface area contributed by atoms with E-state index >= 15 is 0 Å². The van der Waals surface area contributed by atoms with E-state index in [9.17, 15) is 9.59 Å². The maximum atomic E-state index is 11.7. The summed E-state index contributed by atoms with van der Waals surface area (Å²) in [6, 6.07) is 12.7. The number of hydrogen-bond donors (Lipinski definition) is 2. The first kappa shape index (κ1) is 13.5. The molecule has 1 aliphatic rings. The van der Waals surface area contributed by atoms with E-state index in [1.165, 1.54) is 0 Å². The third-order valence-electron chi connectivity index (χ3n) is 4.10. The molecule has 2 heterocycles. The van der Waals surface area contributed by atoms with Gasteiger partial charge >= 0.3 is 6.03 Å². The van der Waals surface area contributed by atoms with Crippen molar-refractivity contribution in [3.8, 4) is 11.1 Å². The SMILES string of the molecule is Cn1ncc2cc(-c3ccc(C4NC(=O)NC4=O)cc3)ccc21. The first-order chi connectivity index (χ1) is 11.1. The Kier molecular flexibility index (Phi) is 2.90. The molecule has 0 bridgehead atoms. The molecule has 6 nitrogen and oxygen atoms in total. The lowest BCUT2D eigenvalue weighted by molar-refractivity contribution is -0.120. The normalized spacial score (nSPS) is 17.3. The number of amides is 3. The van der Waals surface area contributed by atoms with Gasteiger partial charge < -0.3 is 5.32 Å². The Balaban J connectivity index is 1.66. The predicted molar refractivity (Wildman–Crippen MR) is 85.6 cm³/mol. The summed E-state index contributed by atoms with van der Waals surface area (Å²) in [7, 11) is 1.91. The van der Waals surface area contributed by atoms with E-state index in [-0.39, 0.29) is 5.91 Å². The number of urea groups is 1. The molecule has 3 amide bonds. The van der Waals surface area contributed by atoms with Crippen LogP contribution in [0.15, 0.2) is 48.7 Å². The number of hydrogen-bond acceptors (Lipinski definition) is 3. The molecule has 114 valence electrons. The molecule has 1 fully saturated rings. The molecule has 4 rings (SSSR count). The van der Waals surface area contributed by atoms with Crippen molar-refractivity contribution in [2.24, 2.45) is 7.05 Å². The highest BCUT2D eigenvalue weighted by atomic mass is 16.2. The van der Waals surface area contributed by atoms with Crippen LogP contribution in [-0.4, -0.2) is 21.7 Å². The molecule has 2 N–H and O–H groups in total. The fraction of sp³-hybridized carbons (Fsp3) is 0.118. The lowest BCUT2D eigenvalue weighted by atomic mass is 10.00. The van der Waals surface area contributed by atoms with E-state index in [2.05, 4.69) is 21.8 Å². The molecular weight excluding hydrogens is 292 g/mol. The minimum absolute atomic E-state index is 0.320. The van der Waals surface area contributed by atoms with Crippen LogP contribution in [0.25, 0.3) is 22.0 Å². The van der Waals surface area contributed by atoms with Gasteiger partial charge in [0.1, 0.15) is 6.04 Å². The summed E-state index contributed by atoms with van der Waals surface area (Å²) in [5.74, 6) is -0.320. The average molecular weight is 306 g/mol. The lowest BCUT2D eigenvalue weighted by Crippen LogP contribution is -2.22. The number of aromatic nitrogens is 2. The van der Waals surface area contributed by atoms with Gasteiger partial charge in [-0.3, -0.25) is 14.8 Å². The summed E-state index contributed by atoms with van der Waals surface area (Å²) >= 11 is 0. The van der Waals surface area contributed by atoms with E-state index in [1.807, 2.05) is 54.3 Å². The van der Waals surface area contributed by atoms with E-state index < -0.39 is 12.1 Å². The molecular formula is C17H14N4O2. The van der Waals surface area contributed by atoms with Crippen LogP contribution in [0.1, 0.15) is 11.6 Å². The molecule has 0 aliphatic carbocycles. The second-order valence-electron chi connectivity index (χ2n) is 5.56. The topological polar surface area (TPSA) is 76.0 Å². The third kappa shape index (κ3) is 2.24. The highest BCUT2D eigenvalue weighted by molar-refractivity contribution is 6.04. The van der Waals surface area contributed by atoms with Crippen molar-refractivity contribution < 1.29 is 9.59 Å². The van der Waals surface area contributed by atoms with Gasteiger partial charge in [-0.2, -0.15) is 5.10 Å². The van der Waals surface area contributed by atoms with Crippen molar-refractivity contribution in [3.63, 3.8) is 0 Å². The summed E-state index contributed by atoms with van der Waals surface area (Å²) in [4.78, 5) is 22.9. The molecule has 0 saturated carbocycles. The first-order valence-corrected chi connectivity index (χ1v) is 7.25. The Morgan fingerprint density at radius 2 is 1.78 bits per heavy atom. The molecule has 0 radical (unpaired) electrons. The smallest absolute Gasteiger partial charge is 0.322 e. The summed E-state index contributed by atoms with van der Waals surface area (Å²) in [6.45, 7) is 0. The number of carbonyl (C=O) groups is 2. The second kappa shape index (κ2) is 4.95. The van der Waals surface area contributed by atoms with Gasteiger partial charge in [0.2, 0.25) is 0 Å². The zero-order chi connectivity index (χ0) is 16.0. The van der Waals surface area contributed by atoms with Crippen LogP contribution >= 0.6 is 0 Å². The van der Waals surface area contributed by atoms with Crippen LogP contribution in [0, 0.1) is 0 Å². The zero-order valence-corrected chi connectivity index (χ0v) is 12.4. The number of nitrogens with zero attached hydrogens (tertiary/aromatic N) is 2. The van der Waals surface area contributed by atoms with Crippen molar-refractivity contribution >= 4 is 22.8 Å². The molecule has 2 aromatic carbocycles. The number of carbonyl (C=O) groups excluding carboxylic acids is 2. The van der Waals surface area contributed by atoms with Crippen LogP contribution in [-0.2, 0) is 11.8 Å². The number of nitrogens with one attached hydrogen (secondary N) is 2. The van der Waals surface area contributed by atoms with E-state index in [4.69, 9.17) is 0 Å². The maximum Gasteiger partial charge on any atom is 0.322 e. The van der Waals surface area contributed by atoms with Gasteiger partial charge in [-0.25, -0.2) is 4.79 Å². The Hall–Kier alpha value is -3.15. The maximum absolute atomic E-state index is 11.7. The lowest BCUT2D eigenvalue weighted by Gasteiger charge is -2.09. The molecule has 1 aliphatic heterocycles. The van der Waals surface area contributed by atoms with Crippen molar-refractivity contribution in [3.05, 3.63) is 54.2 Å². The molecule has 6 heteroatoms. The van der Waals surface area contributed by atoms with Crippen LogP contribution in [0.4, 0.5) is 4.79 Å². The summed E-state index contributed by atoms with van der Waals surface area (Å²) in [6.07, 6.45) is 1.84. The number of rotatable bonds is 2. The van der Waals surface area contributed by atoms with Gasteiger partial charge in [-0.1, -0.05) is 30.3 Å². The average Bonchev–Trinajstić information content (AvgIpc) is 3.09. The minimum Gasteiger partial charge on any atom is -0.322 e. The van der Waals surface area contributed by atoms with Crippen LogP contribution in [0.3, 0.4) is 0 Å². The van der Waals surface area contributed by atoms with Crippen LogP contribution < -0.4 is 10.6 Å². The zero-order valence-electron chi connectivity index (χ0n) is 12.4. The quantitative estimate of drug-likeness (QED) is 0.712. The van der Waals surface area contributed by atoms with Gasteiger partial charge in [-0.05, 0) is 28.8 Å². The Bertz CT molecular complexity index is 927. The fourth-order valence-corrected chi connectivity index (χ4v) is 2.86. The Morgan fingerprint density at radius 3 is 2.48 bits per heavy atom. The number of imide groups is 1. The van der Waals surface area contributed by atoms with Gasteiger partial charge in [-0.15, -0.1) is 0 Å². The van der Waals surface area contributed by atoms with E-state index in [1.54, 1.807) is 0 Å². The number of fused-ring (bicyclic) bond motifs is 1. The second-order valence-corrected chi connectivity index (χ2v) is 5.56. The molecule has 1 saturated heterocycles. The van der Waals surface area contributed by atoms with Crippen molar-refractivity contribution in [1.29, 1.82) is 0 Å². The van der Waals surface area contributed by atoms with Gasteiger partial charge in [0.25, 0.3) is 5.91 Å². The molecule has 23 heavy (non-hydrogen) atoms. The van der Waals surface area contributed by atoms with Crippen molar-refractivity contribution in [2.75, 3.05) is 0 Å². The highest BCUT2D eigenvalue weighted by Crippen LogP contribution is 2.26. The molecule has 1 aromatic heterocycles. The number of benzene rings is 2. The summed E-state index contributed by atoms with van der Waals surface area (Å²) < 4.78 is 1.84. The minimum atomic E-state index is -0.614. The fourth-order valence-electron chi connectivity index (χ4n) is 2.86. The van der Waals surface area contributed by atoms with Crippen molar-refractivity contribution in [1.82, 2.24) is 20.4 Å². The predicted octanol–water partition coefficient (Wildman–Crippen LogP) is 2.12. The van der Waals surface area contributed by atoms with Gasteiger partial charge in [0.15, 0.2) is 0 Å². The van der Waals surface area contributed by atoms with E-state index in [0.717, 1.165) is 27.6 Å². The van der Waals surface area contributed by atoms with Crippen molar-refractivity contribution in [2.45, 2.75) is 6.04 Å². The monoisotopic (exact) mass is 306 g/mol. The Labute approximate surface area is 132 Å². The van der Waals surface area contributed by atoms with Gasteiger partial charge in [0, 0.05) is 12.4 Å². The first-order valence-electron chi connectivity index (χ1n) is 7.25. The summed E-state index contributed by atoms with van der Waals surface area (Å²) in [5.41, 5.74) is 3.97.